The molecule has 0 saturated heterocycles. The molecule has 120 valence electrons. The zero-order chi connectivity index (χ0) is 15.0. The highest BCUT2D eigenvalue weighted by Crippen LogP contribution is 2.14. The Hall–Kier alpha value is -1.26. The number of halogens is 1. The fourth-order valence-corrected chi connectivity index (χ4v) is 1.68. The summed E-state index contributed by atoms with van der Waals surface area (Å²) in [6, 6.07) is 7.77. The maximum absolute atomic E-state index is 12.0. The molecule has 21 heavy (non-hydrogen) atoms. The lowest BCUT2D eigenvalue weighted by Gasteiger charge is -2.17. The van der Waals surface area contributed by atoms with Gasteiger partial charge in [-0.15, -0.1) is 12.4 Å². The molecule has 1 aromatic carbocycles. The van der Waals surface area contributed by atoms with Crippen LogP contribution in [0.5, 0.6) is 5.75 Å². The van der Waals surface area contributed by atoms with Gasteiger partial charge in [0.1, 0.15) is 5.75 Å². The molecular formula is C16H27ClN2O2. The summed E-state index contributed by atoms with van der Waals surface area (Å²) in [4.78, 5) is 13.7. The maximum atomic E-state index is 12.0. The molecule has 0 atom stereocenters. The van der Waals surface area contributed by atoms with Crippen molar-refractivity contribution in [1.29, 1.82) is 0 Å². The van der Waals surface area contributed by atoms with Crippen molar-refractivity contribution in [3.63, 3.8) is 0 Å². The summed E-state index contributed by atoms with van der Waals surface area (Å²) >= 11 is 0. The molecule has 0 aliphatic heterocycles. The topological polar surface area (TPSA) is 41.6 Å². The largest absolute Gasteiger partial charge is 0.493 e. The molecule has 4 nitrogen and oxygen atoms in total. The van der Waals surface area contributed by atoms with E-state index in [2.05, 4.69) is 19.2 Å². The first-order chi connectivity index (χ1) is 9.52. The minimum atomic E-state index is 0. The van der Waals surface area contributed by atoms with Gasteiger partial charge in [0.15, 0.2) is 0 Å². The van der Waals surface area contributed by atoms with Crippen LogP contribution in [0.3, 0.4) is 0 Å². The Balaban J connectivity index is 0.00000400. The standard InChI is InChI=1S/C16H26N2O2.ClH/c1-13(2)12-20-15-7-5-14(6-8-15)11-16(19)18(4)10-9-17-3;/h5-8,13,17H,9-12H2,1-4H3;1H. The average molecular weight is 315 g/mol. The second-order valence-corrected chi connectivity index (χ2v) is 5.44. The molecule has 0 fully saturated rings. The summed E-state index contributed by atoms with van der Waals surface area (Å²) in [5.41, 5.74) is 1.02. The number of ether oxygens (including phenoxy) is 1. The third-order valence-corrected chi connectivity index (χ3v) is 2.99. The van der Waals surface area contributed by atoms with Gasteiger partial charge in [0, 0.05) is 20.1 Å². The molecule has 0 unspecified atom stereocenters. The second-order valence-electron chi connectivity index (χ2n) is 5.44. The average Bonchev–Trinajstić information content (AvgIpc) is 2.43. The first-order valence-electron chi connectivity index (χ1n) is 7.13. The number of likely N-dealkylation sites (N-methyl/N-ethyl adjacent to an activating group) is 2. The predicted octanol–water partition coefficient (Wildman–Crippen LogP) is 2.36. The number of benzene rings is 1. The monoisotopic (exact) mass is 314 g/mol. The van der Waals surface area contributed by atoms with E-state index < -0.39 is 0 Å². The van der Waals surface area contributed by atoms with Crippen LogP contribution < -0.4 is 10.1 Å². The van der Waals surface area contributed by atoms with E-state index in [-0.39, 0.29) is 18.3 Å². The van der Waals surface area contributed by atoms with Gasteiger partial charge in [0.25, 0.3) is 0 Å². The molecule has 1 N–H and O–H groups in total. The normalized spacial score (nSPS) is 10.1. The molecule has 1 aromatic rings. The van der Waals surface area contributed by atoms with E-state index in [1.807, 2.05) is 38.4 Å². The SMILES string of the molecule is CNCCN(C)C(=O)Cc1ccc(OCC(C)C)cc1.Cl. The van der Waals surface area contributed by atoms with Crippen LogP contribution in [-0.2, 0) is 11.2 Å². The number of hydrogen-bond donors (Lipinski definition) is 1. The van der Waals surface area contributed by atoms with Gasteiger partial charge in [-0.05, 0) is 30.7 Å². The Bertz CT molecular complexity index is 407. The van der Waals surface area contributed by atoms with E-state index in [0.29, 0.717) is 18.9 Å². The highest BCUT2D eigenvalue weighted by atomic mass is 35.5. The summed E-state index contributed by atoms with van der Waals surface area (Å²) in [6.07, 6.45) is 0.435. The quantitative estimate of drug-likeness (QED) is 0.801. The van der Waals surface area contributed by atoms with Gasteiger partial charge in [-0.3, -0.25) is 4.79 Å². The molecule has 1 rings (SSSR count). The van der Waals surface area contributed by atoms with E-state index in [0.717, 1.165) is 24.4 Å². The van der Waals surface area contributed by atoms with Crippen molar-refractivity contribution in [2.75, 3.05) is 33.8 Å². The van der Waals surface area contributed by atoms with Gasteiger partial charge >= 0.3 is 0 Å². The predicted molar refractivity (Wildman–Crippen MR) is 89.3 cm³/mol. The van der Waals surface area contributed by atoms with Crippen LogP contribution in [0.1, 0.15) is 19.4 Å². The van der Waals surface area contributed by atoms with Crippen LogP contribution in [0.25, 0.3) is 0 Å². The van der Waals surface area contributed by atoms with Crippen molar-refractivity contribution in [3.05, 3.63) is 29.8 Å². The molecule has 0 heterocycles. The summed E-state index contributed by atoms with van der Waals surface area (Å²) < 4.78 is 5.62. The zero-order valence-electron chi connectivity index (χ0n) is 13.4. The minimum absolute atomic E-state index is 0. The van der Waals surface area contributed by atoms with E-state index in [9.17, 15) is 4.79 Å². The number of rotatable bonds is 8. The smallest absolute Gasteiger partial charge is 0.226 e. The summed E-state index contributed by atoms with van der Waals surface area (Å²) in [5.74, 6) is 1.51. The lowest BCUT2D eigenvalue weighted by atomic mass is 10.1. The van der Waals surface area contributed by atoms with Gasteiger partial charge < -0.3 is 15.0 Å². The van der Waals surface area contributed by atoms with Gasteiger partial charge in [-0.2, -0.15) is 0 Å². The molecule has 0 aromatic heterocycles. The zero-order valence-corrected chi connectivity index (χ0v) is 14.2. The minimum Gasteiger partial charge on any atom is -0.493 e. The molecule has 0 aliphatic carbocycles. The molecule has 5 heteroatoms. The van der Waals surface area contributed by atoms with E-state index in [4.69, 9.17) is 4.74 Å². The molecule has 0 spiro atoms. The van der Waals surface area contributed by atoms with Gasteiger partial charge in [-0.1, -0.05) is 26.0 Å². The van der Waals surface area contributed by atoms with Crippen molar-refractivity contribution in [1.82, 2.24) is 10.2 Å². The second kappa shape index (κ2) is 10.5. The fraction of sp³-hybridized carbons (Fsp3) is 0.562. The van der Waals surface area contributed by atoms with Gasteiger partial charge in [0.05, 0.1) is 13.0 Å². The van der Waals surface area contributed by atoms with E-state index in [1.165, 1.54) is 0 Å². The van der Waals surface area contributed by atoms with Crippen molar-refractivity contribution in [2.45, 2.75) is 20.3 Å². The maximum Gasteiger partial charge on any atom is 0.226 e. The number of hydrogen-bond acceptors (Lipinski definition) is 3. The first-order valence-corrected chi connectivity index (χ1v) is 7.13. The van der Waals surface area contributed by atoms with Crippen molar-refractivity contribution >= 4 is 18.3 Å². The number of amides is 1. The van der Waals surface area contributed by atoms with Crippen LogP contribution in [0.2, 0.25) is 0 Å². The number of nitrogens with one attached hydrogen (secondary N) is 1. The molecule has 0 radical (unpaired) electrons. The molecule has 0 aliphatic rings. The molecule has 1 amide bonds. The lowest BCUT2D eigenvalue weighted by Crippen LogP contribution is -2.33. The number of carbonyl (C=O) groups is 1. The van der Waals surface area contributed by atoms with E-state index in [1.54, 1.807) is 4.90 Å². The van der Waals surface area contributed by atoms with Crippen molar-refractivity contribution in [3.8, 4) is 5.75 Å². The van der Waals surface area contributed by atoms with Crippen LogP contribution >= 0.6 is 12.4 Å². The van der Waals surface area contributed by atoms with Crippen molar-refractivity contribution < 1.29 is 9.53 Å². The lowest BCUT2D eigenvalue weighted by molar-refractivity contribution is -0.129. The van der Waals surface area contributed by atoms with Gasteiger partial charge in [-0.25, -0.2) is 0 Å². The van der Waals surface area contributed by atoms with Crippen molar-refractivity contribution in [2.24, 2.45) is 5.92 Å². The fourth-order valence-electron chi connectivity index (χ4n) is 1.68. The Labute approximate surface area is 134 Å². The van der Waals surface area contributed by atoms with Crippen LogP contribution in [-0.4, -0.2) is 44.6 Å². The highest BCUT2D eigenvalue weighted by molar-refractivity contribution is 5.85. The van der Waals surface area contributed by atoms with Gasteiger partial charge in [0.2, 0.25) is 5.91 Å². The number of carbonyl (C=O) groups excluding carboxylic acids is 1. The molecular weight excluding hydrogens is 288 g/mol. The van der Waals surface area contributed by atoms with Crippen LogP contribution in [0.15, 0.2) is 24.3 Å². The summed E-state index contributed by atoms with van der Waals surface area (Å²) in [6.45, 7) is 6.49. The Morgan fingerprint density at radius 3 is 2.43 bits per heavy atom. The van der Waals surface area contributed by atoms with Crippen LogP contribution in [0.4, 0.5) is 0 Å². The van der Waals surface area contributed by atoms with Crippen LogP contribution in [0, 0.1) is 5.92 Å². The third kappa shape index (κ3) is 7.93. The van der Waals surface area contributed by atoms with E-state index >= 15 is 0 Å². The summed E-state index contributed by atoms with van der Waals surface area (Å²) in [5, 5.41) is 3.04. The molecule has 0 saturated carbocycles. The third-order valence-electron chi connectivity index (χ3n) is 2.99. The summed E-state index contributed by atoms with van der Waals surface area (Å²) in [7, 11) is 3.72. The Kier molecular flexibility index (Phi) is 9.84. The molecule has 0 bridgehead atoms. The number of nitrogens with zero attached hydrogens (tertiary/aromatic N) is 1. The Morgan fingerprint density at radius 1 is 1.29 bits per heavy atom. The first kappa shape index (κ1) is 19.7. The Morgan fingerprint density at radius 2 is 1.90 bits per heavy atom. The highest BCUT2D eigenvalue weighted by Gasteiger charge is 2.09.